The zero-order chi connectivity index (χ0) is 12.2. The first kappa shape index (κ1) is 13.0. The van der Waals surface area contributed by atoms with Crippen molar-refractivity contribution in [3.8, 4) is 0 Å². The Hall–Kier alpha value is -1.03. The molecule has 0 spiro atoms. The van der Waals surface area contributed by atoms with Crippen LogP contribution >= 0.6 is 0 Å². The quantitative estimate of drug-likeness (QED) is 0.820. The lowest BCUT2D eigenvalue weighted by Gasteiger charge is -2.18. The highest BCUT2D eigenvalue weighted by Gasteiger charge is 2.31. The second-order valence-electron chi connectivity index (χ2n) is 4.24. The topological polar surface area (TPSA) is 12.0 Å². The van der Waals surface area contributed by atoms with Crippen LogP contribution in [0.15, 0.2) is 24.3 Å². The normalized spacial score (nSPS) is 12.1. The molecule has 1 N–H and O–H groups in total. The summed E-state index contributed by atoms with van der Waals surface area (Å²) in [5.41, 5.74) is -0.288. The van der Waals surface area contributed by atoms with E-state index in [1.54, 1.807) is 0 Å². The highest BCUT2D eigenvalue weighted by atomic mass is 19.3. The number of benzene rings is 1. The zero-order valence-corrected chi connectivity index (χ0v) is 9.43. The molecule has 0 saturated heterocycles. The standard InChI is InChI=1S/C12H16F3N/c1-9(2)7-16-8-12(14,15)10-4-3-5-11(13)6-10/h3-6,9,16H,7-8H2,1-2H3. The smallest absolute Gasteiger partial charge is 0.285 e. The average molecular weight is 231 g/mol. The molecule has 0 heterocycles. The van der Waals surface area contributed by atoms with E-state index in [9.17, 15) is 13.2 Å². The fourth-order valence-corrected chi connectivity index (χ4v) is 1.34. The average Bonchev–Trinajstić information content (AvgIpc) is 2.16. The molecule has 0 radical (unpaired) electrons. The third kappa shape index (κ3) is 3.85. The number of hydrogen-bond donors (Lipinski definition) is 1. The predicted octanol–water partition coefficient (Wildman–Crippen LogP) is 3.16. The SMILES string of the molecule is CC(C)CNCC(F)(F)c1cccc(F)c1. The minimum Gasteiger partial charge on any atom is -0.311 e. The Morgan fingerprint density at radius 1 is 1.31 bits per heavy atom. The Bertz CT molecular complexity index is 337. The van der Waals surface area contributed by atoms with E-state index in [-0.39, 0.29) is 5.56 Å². The largest absolute Gasteiger partial charge is 0.311 e. The Labute approximate surface area is 93.7 Å². The van der Waals surface area contributed by atoms with Gasteiger partial charge in [0.15, 0.2) is 0 Å². The summed E-state index contributed by atoms with van der Waals surface area (Å²) in [6.07, 6.45) is 0. The number of nitrogens with one attached hydrogen (secondary N) is 1. The second-order valence-corrected chi connectivity index (χ2v) is 4.24. The lowest BCUT2D eigenvalue weighted by atomic mass is 10.1. The molecule has 0 amide bonds. The van der Waals surface area contributed by atoms with E-state index < -0.39 is 18.3 Å². The summed E-state index contributed by atoms with van der Waals surface area (Å²) in [5.74, 6) is -3.36. The molecule has 0 unspecified atom stereocenters. The summed E-state index contributed by atoms with van der Waals surface area (Å²) in [7, 11) is 0. The van der Waals surface area contributed by atoms with Gasteiger partial charge in [0, 0.05) is 5.56 Å². The van der Waals surface area contributed by atoms with E-state index in [0.29, 0.717) is 12.5 Å². The molecule has 16 heavy (non-hydrogen) atoms. The number of alkyl halides is 2. The lowest BCUT2D eigenvalue weighted by molar-refractivity contribution is -0.00381. The number of rotatable bonds is 5. The zero-order valence-electron chi connectivity index (χ0n) is 9.43. The minimum atomic E-state index is -3.03. The van der Waals surface area contributed by atoms with Gasteiger partial charge in [-0.2, -0.15) is 8.78 Å². The highest BCUT2D eigenvalue weighted by Crippen LogP contribution is 2.27. The molecule has 0 aliphatic carbocycles. The van der Waals surface area contributed by atoms with Crippen molar-refractivity contribution in [1.82, 2.24) is 5.32 Å². The van der Waals surface area contributed by atoms with Gasteiger partial charge in [-0.25, -0.2) is 4.39 Å². The first-order valence-electron chi connectivity index (χ1n) is 5.26. The predicted molar refractivity (Wildman–Crippen MR) is 58.0 cm³/mol. The van der Waals surface area contributed by atoms with Crippen LogP contribution < -0.4 is 5.32 Å². The minimum absolute atomic E-state index is 0.288. The summed E-state index contributed by atoms with van der Waals surface area (Å²) < 4.78 is 39.9. The summed E-state index contributed by atoms with van der Waals surface area (Å²) in [5, 5.41) is 2.67. The maximum atomic E-state index is 13.6. The highest BCUT2D eigenvalue weighted by molar-refractivity contribution is 5.21. The molecule has 1 aromatic carbocycles. The van der Waals surface area contributed by atoms with Crippen molar-refractivity contribution in [2.24, 2.45) is 5.92 Å². The van der Waals surface area contributed by atoms with Crippen LogP contribution in [0.2, 0.25) is 0 Å². The van der Waals surface area contributed by atoms with Crippen LogP contribution in [-0.2, 0) is 5.92 Å². The third-order valence-electron chi connectivity index (χ3n) is 2.15. The van der Waals surface area contributed by atoms with Gasteiger partial charge in [0.1, 0.15) is 5.82 Å². The molecule has 0 bridgehead atoms. The van der Waals surface area contributed by atoms with Crippen molar-refractivity contribution in [2.45, 2.75) is 19.8 Å². The molecule has 90 valence electrons. The van der Waals surface area contributed by atoms with Crippen LogP contribution in [0, 0.1) is 11.7 Å². The molecule has 0 aliphatic heterocycles. The van der Waals surface area contributed by atoms with Crippen LogP contribution in [0.5, 0.6) is 0 Å². The van der Waals surface area contributed by atoms with Crippen molar-refractivity contribution in [1.29, 1.82) is 0 Å². The van der Waals surface area contributed by atoms with Gasteiger partial charge in [-0.1, -0.05) is 26.0 Å². The van der Waals surface area contributed by atoms with Gasteiger partial charge in [0.25, 0.3) is 5.92 Å². The fraction of sp³-hybridized carbons (Fsp3) is 0.500. The maximum Gasteiger partial charge on any atom is 0.285 e. The van der Waals surface area contributed by atoms with Crippen LogP contribution in [0.4, 0.5) is 13.2 Å². The lowest BCUT2D eigenvalue weighted by Crippen LogP contribution is -2.32. The first-order chi connectivity index (χ1) is 7.42. The van der Waals surface area contributed by atoms with Gasteiger partial charge in [-0.05, 0) is 24.6 Å². The molecule has 1 rings (SSSR count). The van der Waals surface area contributed by atoms with Gasteiger partial charge in [-0.3, -0.25) is 0 Å². The van der Waals surface area contributed by atoms with E-state index >= 15 is 0 Å². The Morgan fingerprint density at radius 3 is 2.56 bits per heavy atom. The first-order valence-corrected chi connectivity index (χ1v) is 5.26. The molecule has 1 aromatic rings. The van der Waals surface area contributed by atoms with Gasteiger partial charge in [0.2, 0.25) is 0 Å². The maximum absolute atomic E-state index is 13.6. The van der Waals surface area contributed by atoms with E-state index in [1.807, 2.05) is 13.8 Å². The van der Waals surface area contributed by atoms with E-state index in [1.165, 1.54) is 12.1 Å². The molecule has 0 aliphatic rings. The Morgan fingerprint density at radius 2 is 2.00 bits per heavy atom. The monoisotopic (exact) mass is 231 g/mol. The fourth-order valence-electron chi connectivity index (χ4n) is 1.34. The van der Waals surface area contributed by atoms with E-state index in [0.717, 1.165) is 12.1 Å². The number of halogens is 3. The van der Waals surface area contributed by atoms with Gasteiger partial charge in [0.05, 0.1) is 6.54 Å². The second kappa shape index (κ2) is 5.34. The molecule has 0 fully saturated rings. The molecular formula is C12H16F3N. The summed E-state index contributed by atoms with van der Waals surface area (Å²) in [6.45, 7) is 3.93. The third-order valence-corrected chi connectivity index (χ3v) is 2.15. The molecular weight excluding hydrogens is 215 g/mol. The molecule has 4 heteroatoms. The molecule has 0 atom stereocenters. The van der Waals surface area contributed by atoms with Gasteiger partial charge < -0.3 is 5.32 Å². The number of hydrogen-bond acceptors (Lipinski definition) is 1. The Balaban J connectivity index is 2.62. The van der Waals surface area contributed by atoms with Gasteiger partial charge >= 0.3 is 0 Å². The molecule has 0 saturated carbocycles. The van der Waals surface area contributed by atoms with Crippen LogP contribution in [0.3, 0.4) is 0 Å². The van der Waals surface area contributed by atoms with E-state index in [4.69, 9.17) is 0 Å². The Kier molecular flexibility index (Phi) is 4.35. The summed E-state index contributed by atoms with van der Waals surface area (Å²) >= 11 is 0. The van der Waals surface area contributed by atoms with Crippen molar-refractivity contribution in [3.63, 3.8) is 0 Å². The van der Waals surface area contributed by atoms with Crippen LogP contribution in [0.25, 0.3) is 0 Å². The summed E-state index contributed by atoms with van der Waals surface area (Å²) in [4.78, 5) is 0. The summed E-state index contributed by atoms with van der Waals surface area (Å²) in [6, 6.07) is 4.55. The molecule has 1 nitrogen and oxygen atoms in total. The van der Waals surface area contributed by atoms with Crippen molar-refractivity contribution in [2.75, 3.05) is 13.1 Å². The van der Waals surface area contributed by atoms with Crippen LogP contribution in [0.1, 0.15) is 19.4 Å². The van der Waals surface area contributed by atoms with Crippen molar-refractivity contribution >= 4 is 0 Å². The van der Waals surface area contributed by atoms with Crippen molar-refractivity contribution in [3.05, 3.63) is 35.6 Å². The van der Waals surface area contributed by atoms with Crippen LogP contribution in [-0.4, -0.2) is 13.1 Å². The van der Waals surface area contributed by atoms with Crippen molar-refractivity contribution < 1.29 is 13.2 Å². The van der Waals surface area contributed by atoms with Gasteiger partial charge in [-0.15, -0.1) is 0 Å². The van der Waals surface area contributed by atoms with E-state index in [2.05, 4.69) is 5.32 Å². The molecule has 0 aromatic heterocycles.